The Balaban J connectivity index is 1.77. The van der Waals surface area contributed by atoms with Gasteiger partial charge in [0.25, 0.3) is 5.91 Å². The van der Waals surface area contributed by atoms with E-state index in [-0.39, 0.29) is 24.1 Å². The number of hydrogen-bond donors (Lipinski definition) is 2. The molecular formula is C15H17N3O4. The van der Waals surface area contributed by atoms with E-state index >= 15 is 0 Å². The Bertz CT molecular complexity index is 677. The van der Waals surface area contributed by atoms with Crippen LogP contribution in [0.15, 0.2) is 28.9 Å². The summed E-state index contributed by atoms with van der Waals surface area (Å²) >= 11 is 0. The van der Waals surface area contributed by atoms with Gasteiger partial charge in [0, 0.05) is 19.2 Å². The van der Waals surface area contributed by atoms with Crippen molar-refractivity contribution < 1.29 is 19.1 Å². The normalized spacial score (nSPS) is 21.8. The number of carbonyl (C=O) groups excluding carboxylic acids is 1. The minimum absolute atomic E-state index is 0.155. The molecule has 7 nitrogen and oxygen atoms in total. The first-order chi connectivity index (χ1) is 10.5. The van der Waals surface area contributed by atoms with Crippen molar-refractivity contribution in [3.63, 3.8) is 0 Å². The molecule has 2 N–H and O–H groups in total. The number of aromatic nitrogens is 2. The number of nitrogens with zero attached hydrogens (tertiary/aromatic N) is 2. The fourth-order valence-electron chi connectivity index (χ4n) is 2.85. The Morgan fingerprint density at radius 2 is 2.27 bits per heavy atom. The van der Waals surface area contributed by atoms with Gasteiger partial charge in [-0.25, -0.2) is 0 Å². The molecule has 1 aliphatic rings. The van der Waals surface area contributed by atoms with Gasteiger partial charge in [-0.3, -0.25) is 14.7 Å². The fraction of sp³-hybridized carbons (Fsp3) is 0.400. The number of rotatable bonds is 3. The third kappa shape index (κ3) is 2.74. The van der Waals surface area contributed by atoms with Gasteiger partial charge < -0.3 is 14.4 Å². The summed E-state index contributed by atoms with van der Waals surface area (Å²) in [5.41, 5.74) is 0.887. The predicted octanol–water partition coefficient (Wildman–Crippen LogP) is 1.85. The smallest absolute Gasteiger partial charge is 0.308 e. The highest BCUT2D eigenvalue weighted by Crippen LogP contribution is 2.24. The molecular weight excluding hydrogens is 286 g/mol. The van der Waals surface area contributed by atoms with Crippen LogP contribution in [0.4, 0.5) is 0 Å². The molecule has 2 aromatic heterocycles. The van der Waals surface area contributed by atoms with Crippen LogP contribution in [-0.4, -0.2) is 45.2 Å². The number of hydrogen-bond acceptors (Lipinski definition) is 4. The number of furan rings is 1. The first kappa shape index (κ1) is 14.4. The van der Waals surface area contributed by atoms with Crippen molar-refractivity contribution >= 4 is 11.9 Å². The Labute approximate surface area is 126 Å². The highest BCUT2D eigenvalue weighted by Gasteiger charge is 2.33. The zero-order valence-electron chi connectivity index (χ0n) is 12.2. The molecule has 0 bridgehead atoms. The number of aliphatic carboxylic acids is 1. The fourth-order valence-corrected chi connectivity index (χ4v) is 2.85. The van der Waals surface area contributed by atoms with Gasteiger partial charge in [0.2, 0.25) is 0 Å². The second-order valence-electron chi connectivity index (χ2n) is 5.73. The minimum Gasteiger partial charge on any atom is -0.481 e. The summed E-state index contributed by atoms with van der Waals surface area (Å²) in [5, 5.41) is 16.0. The topological polar surface area (TPSA) is 99.4 Å². The highest BCUT2D eigenvalue weighted by atomic mass is 16.4. The van der Waals surface area contributed by atoms with Gasteiger partial charge in [-0.2, -0.15) is 5.10 Å². The largest absolute Gasteiger partial charge is 0.481 e. The molecule has 0 aliphatic carbocycles. The van der Waals surface area contributed by atoms with Crippen LogP contribution in [0.2, 0.25) is 0 Å². The number of nitrogens with one attached hydrogen (secondary N) is 1. The molecule has 116 valence electrons. The molecule has 7 heteroatoms. The molecule has 0 saturated carbocycles. The van der Waals surface area contributed by atoms with Crippen molar-refractivity contribution in [2.24, 2.45) is 11.8 Å². The molecule has 22 heavy (non-hydrogen) atoms. The van der Waals surface area contributed by atoms with E-state index in [0.717, 1.165) is 0 Å². The second kappa shape index (κ2) is 5.67. The van der Waals surface area contributed by atoms with E-state index in [1.54, 1.807) is 29.4 Å². The SMILES string of the molecule is CC1CC(C(=O)O)CN(C(=O)c2cc(-c3ccco3)[nH]n2)C1. The summed E-state index contributed by atoms with van der Waals surface area (Å²) in [6.07, 6.45) is 2.14. The van der Waals surface area contributed by atoms with Gasteiger partial charge in [-0.05, 0) is 24.5 Å². The van der Waals surface area contributed by atoms with Gasteiger partial charge >= 0.3 is 5.97 Å². The number of carbonyl (C=O) groups is 2. The Morgan fingerprint density at radius 3 is 2.95 bits per heavy atom. The lowest BCUT2D eigenvalue weighted by molar-refractivity contribution is -0.143. The van der Waals surface area contributed by atoms with Crippen LogP contribution in [0, 0.1) is 11.8 Å². The Kier molecular flexibility index (Phi) is 3.70. The maximum Gasteiger partial charge on any atom is 0.308 e. The summed E-state index contributed by atoms with van der Waals surface area (Å²) in [6, 6.07) is 5.14. The van der Waals surface area contributed by atoms with E-state index in [4.69, 9.17) is 4.42 Å². The summed E-state index contributed by atoms with van der Waals surface area (Å²) < 4.78 is 5.25. The van der Waals surface area contributed by atoms with Crippen LogP contribution in [0.1, 0.15) is 23.8 Å². The molecule has 1 saturated heterocycles. The van der Waals surface area contributed by atoms with E-state index in [1.165, 1.54) is 0 Å². The first-order valence-electron chi connectivity index (χ1n) is 7.16. The Morgan fingerprint density at radius 1 is 1.45 bits per heavy atom. The lowest BCUT2D eigenvalue weighted by Gasteiger charge is -2.34. The lowest BCUT2D eigenvalue weighted by atomic mass is 9.90. The van der Waals surface area contributed by atoms with Crippen molar-refractivity contribution in [3.8, 4) is 11.5 Å². The second-order valence-corrected chi connectivity index (χ2v) is 5.73. The molecule has 1 fully saturated rings. The van der Waals surface area contributed by atoms with Crippen LogP contribution in [0.3, 0.4) is 0 Å². The molecule has 2 unspecified atom stereocenters. The molecule has 1 aliphatic heterocycles. The molecule has 3 rings (SSSR count). The van der Waals surface area contributed by atoms with Crippen LogP contribution in [0.25, 0.3) is 11.5 Å². The van der Waals surface area contributed by atoms with Crippen molar-refractivity contribution in [2.45, 2.75) is 13.3 Å². The number of likely N-dealkylation sites (tertiary alicyclic amines) is 1. The third-order valence-electron chi connectivity index (χ3n) is 3.88. The minimum atomic E-state index is -0.859. The van der Waals surface area contributed by atoms with Crippen molar-refractivity contribution in [3.05, 3.63) is 30.2 Å². The molecule has 2 atom stereocenters. The molecule has 2 aromatic rings. The van der Waals surface area contributed by atoms with Crippen LogP contribution in [-0.2, 0) is 4.79 Å². The molecule has 0 spiro atoms. The lowest BCUT2D eigenvalue weighted by Crippen LogP contribution is -2.45. The summed E-state index contributed by atoms with van der Waals surface area (Å²) in [7, 11) is 0. The number of carboxylic acid groups (broad SMARTS) is 1. The van der Waals surface area contributed by atoms with Crippen LogP contribution < -0.4 is 0 Å². The van der Waals surface area contributed by atoms with E-state index < -0.39 is 11.9 Å². The van der Waals surface area contributed by atoms with E-state index in [0.29, 0.717) is 24.4 Å². The highest BCUT2D eigenvalue weighted by molar-refractivity contribution is 5.93. The predicted molar refractivity (Wildman–Crippen MR) is 77.1 cm³/mol. The Hall–Kier alpha value is -2.57. The number of amides is 1. The van der Waals surface area contributed by atoms with Crippen LogP contribution in [0.5, 0.6) is 0 Å². The molecule has 3 heterocycles. The quantitative estimate of drug-likeness (QED) is 0.901. The zero-order chi connectivity index (χ0) is 15.7. The monoisotopic (exact) mass is 303 g/mol. The zero-order valence-corrected chi connectivity index (χ0v) is 12.2. The van der Waals surface area contributed by atoms with Crippen molar-refractivity contribution in [1.29, 1.82) is 0 Å². The summed E-state index contributed by atoms with van der Waals surface area (Å²) in [4.78, 5) is 25.3. The van der Waals surface area contributed by atoms with E-state index in [2.05, 4.69) is 10.2 Å². The van der Waals surface area contributed by atoms with Crippen LogP contribution >= 0.6 is 0 Å². The van der Waals surface area contributed by atoms with Gasteiger partial charge in [-0.1, -0.05) is 6.92 Å². The maximum absolute atomic E-state index is 12.5. The van der Waals surface area contributed by atoms with E-state index in [9.17, 15) is 14.7 Å². The van der Waals surface area contributed by atoms with Gasteiger partial charge in [0.15, 0.2) is 11.5 Å². The number of H-pyrrole nitrogens is 1. The average Bonchev–Trinajstić information content (AvgIpc) is 3.16. The molecule has 1 amide bonds. The van der Waals surface area contributed by atoms with Crippen molar-refractivity contribution in [1.82, 2.24) is 15.1 Å². The van der Waals surface area contributed by atoms with Gasteiger partial charge in [0.05, 0.1) is 12.2 Å². The molecule has 0 aromatic carbocycles. The van der Waals surface area contributed by atoms with E-state index in [1.807, 2.05) is 6.92 Å². The maximum atomic E-state index is 12.5. The number of carboxylic acids is 1. The average molecular weight is 303 g/mol. The molecule has 0 radical (unpaired) electrons. The van der Waals surface area contributed by atoms with Gasteiger partial charge in [0.1, 0.15) is 5.69 Å². The van der Waals surface area contributed by atoms with Gasteiger partial charge in [-0.15, -0.1) is 0 Å². The summed E-state index contributed by atoms with van der Waals surface area (Å²) in [5.74, 6) is -0.880. The summed E-state index contributed by atoms with van der Waals surface area (Å²) in [6.45, 7) is 2.72. The number of piperidine rings is 1. The standard InChI is InChI=1S/C15H17N3O4/c1-9-5-10(15(20)21)8-18(7-9)14(19)12-6-11(16-17-12)13-3-2-4-22-13/h2-4,6,9-10H,5,7-8H2,1H3,(H,16,17)(H,20,21). The van der Waals surface area contributed by atoms with Crippen molar-refractivity contribution in [2.75, 3.05) is 13.1 Å². The third-order valence-corrected chi connectivity index (χ3v) is 3.88. The number of aromatic amines is 1. The first-order valence-corrected chi connectivity index (χ1v) is 7.16.